The number of hydrogen-bond donors (Lipinski definition) is 1. The molecule has 158 valence electrons. The Morgan fingerprint density at radius 3 is 2.16 bits per heavy atom. The quantitative estimate of drug-likeness (QED) is 0.557. The molecule has 0 spiro atoms. The lowest BCUT2D eigenvalue weighted by atomic mass is 10.1. The van der Waals surface area contributed by atoms with Crippen LogP contribution in [0.4, 0.5) is 11.4 Å². The largest absolute Gasteiger partial charge is 0.457 e. The number of anilines is 2. The Labute approximate surface area is 186 Å². The summed E-state index contributed by atoms with van der Waals surface area (Å²) in [4.78, 5) is 27.1. The van der Waals surface area contributed by atoms with Gasteiger partial charge in [0.05, 0.1) is 5.92 Å². The molecule has 1 atom stereocenters. The number of benzene rings is 3. The predicted molar refractivity (Wildman–Crippen MR) is 123 cm³/mol. The predicted octanol–water partition coefficient (Wildman–Crippen LogP) is 5.74. The number of aryl methyl sites for hydroxylation is 2. The highest BCUT2D eigenvalue weighted by molar-refractivity contribution is 6.30. The van der Waals surface area contributed by atoms with Crippen molar-refractivity contribution < 1.29 is 14.3 Å². The fourth-order valence-corrected chi connectivity index (χ4v) is 3.95. The van der Waals surface area contributed by atoms with Crippen molar-refractivity contribution in [2.24, 2.45) is 5.92 Å². The van der Waals surface area contributed by atoms with E-state index in [-0.39, 0.29) is 18.2 Å². The van der Waals surface area contributed by atoms with Crippen LogP contribution in [0.5, 0.6) is 11.5 Å². The van der Waals surface area contributed by atoms with Gasteiger partial charge in [0.15, 0.2) is 0 Å². The smallest absolute Gasteiger partial charge is 0.229 e. The Morgan fingerprint density at radius 1 is 0.968 bits per heavy atom. The van der Waals surface area contributed by atoms with Gasteiger partial charge in [-0.1, -0.05) is 29.8 Å². The third-order valence-corrected chi connectivity index (χ3v) is 5.63. The molecule has 2 amide bonds. The van der Waals surface area contributed by atoms with Crippen molar-refractivity contribution in [3.63, 3.8) is 0 Å². The number of halogens is 1. The van der Waals surface area contributed by atoms with Gasteiger partial charge in [0.1, 0.15) is 11.5 Å². The molecule has 3 aromatic rings. The molecule has 1 saturated heterocycles. The Hall–Kier alpha value is -3.31. The van der Waals surface area contributed by atoms with Crippen LogP contribution in [0.2, 0.25) is 5.02 Å². The van der Waals surface area contributed by atoms with Crippen molar-refractivity contribution in [1.29, 1.82) is 0 Å². The Balaban J connectivity index is 1.39. The van der Waals surface area contributed by atoms with E-state index in [4.69, 9.17) is 16.3 Å². The van der Waals surface area contributed by atoms with Gasteiger partial charge in [0.25, 0.3) is 0 Å². The number of hydrogen-bond acceptors (Lipinski definition) is 3. The molecule has 1 aliphatic heterocycles. The average molecular weight is 435 g/mol. The van der Waals surface area contributed by atoms with Gasteiger partial charge in [-0.15, -0.1) is 0 Å². The Morgan fingerprint density at radius 2 is 1.55 bits per heavy atom. The molecule has 0 bridgehead atoms. The average Bonchev–Trinajstić information content (AvgIpc) is 3.12. The molecule has 0 aromatic heterocycles. The van der Waals surface area contributed by atoms with Crippen molar-refractivity contribution in [3.05, 3.63) is 82.9 Å². The first-order chi connectivity index (χ1) is 14.9. The summed E-state index contributed by atoms with van der Waals surface area (Å²) < 4.78 is 5.77. The second-order valence-corrected chi connectivity index (χ2v) is 8.15. The molecule has 4 rings (SSSR count). The van der Waals surface area contributed by atoms with Crippen molar-refractivity contribution >= 4 is 34.8 Å². The number of rotatable bonds is 5. The molecule has 3 aromatic carbocycles. The van der Waals surface area contributed by atoms with Gasteiger partial charge in [0, 0.05) is 29.4 Å². The number of amides is 2. The lowest BCUT2D eigenvalue weighted by molar-refractivity contribution is -0.122. The van der Waals surface area contributed by atoms with Crippen LogP contribution in [-0.2, 0) is 9.59 Å². The van der Waals surface area contributed by atoms with E-state index in [9.17, 15) is 9.59 Å². The zero-order valence-corrected chi connectivity index (χ0v) is 18.1. The SMILES string of the molecule is Cc1cccc(C)c1N1C[C@H](C(=O)Nc2ccc(Oc3ccc(Cl)cc3)cc2)CC1=O. The molecule has 0 unspecified atom stereocenters. The van der Waals surface area contributed by atoms with Crippen molar-refractivity contribution in [3.8, 4) is 11.5 Å². The van der Waals surface area contributed by atoms with Crippen LogP contribution in [-0.4, -0.2) is 18.4 Å². The number of nitrogens with zero attached hydrogens (tertiary/aromatic N) is 1. The Kier molecular flexibility index (Phi) is 5.96. The molecule has 1 N–H and O–H groups in total. The molecule has 0 aliphatic carbocycles. The first-order valence-electron chi connectivity index (χ1n) is 10.1. The maximum absolute atomic E-state index is 12.8. The lowest BCUT2D eigenvalue weighted by Crippen LogP contribution is -2.29. The van der Waals surface area contributed by atoms with Crippen LogP contribution in [0.15, 0.2) is 66.7 Å². The fourth-order valence-electron chi connectivity index (χ4n) is 3.82. The molecular formula is C25H23ClN2O3. The standard InChI is InChI=1S/C25H23ClN2O3/c1-16-4-3-5-17(2)24(16)28-15-18(14-23(28)29)25(30)27-20-8-12-22(13-9-20)31-21-10-6-19(26)7-11-21/h3-13,18H,14-15H2,1-2H3,(H,27,30)/t18-/m1/s1. The maximum Gasteiger partial charge on any atom is 0.229 e. The normalized spacial score (nSPS) is 15.8. The van der Waals surface area contributed by atoms with Crippen LogP contribution >= 0.6 is 11.6 Å². The summed E-state index contributed by atoms with van der Waals surface area (Å²) in [5.74, 6) is 0.754. The summed E-state index contributed by atoms with van der Waals surface area (Å²) in [6.45, 7) is 4.35. The summed E-state index contributed by atoms with van der Waals surface area (Å²) in [6, 6.07) is 20.2. The van der Waals surface area contributed by atoms with Crippen LogP contribution in [0.25, 0.3) is 0 Å². The molecule has 31 heavy (non-hydrogen) atoms. The highest BCUT2D eigenvalue weighted by Crippen LogP contribution is 2.31. The summed E-state index contributed by atoms with van der Waals surface area (Å²) >= 11 is 5.89. The van der Waals surface area contributed by atoms with Gasteiger partial charge in [-0.3, -0.25) is 9.59 Å². The molecule has 1 heterocycles. The van der Waals surface area contributed by atoms with E-state index in [0.29, 0.717) is 28.8 Å². The molecular weight excluding hydrogens is 412 g/mol. The topological polar surface area (TPSA) is 58.6 Å². The van der Waals surface area contributed by atoms with Gasteiger partial charge in [-0.25, -0.2) is 0 Å². The van der Waals surface area contributed by atoms with E-state index in [1.165, 1.54) is 0 Å². The second kappa shape index (κ2) is 8.82. The second-order valence-electron chi connectivity index (χ2n) is 7.72. The number of ether oxygens (including phenoxy) is 1. The zero-order valence-electron chi connectivity index (χ0n) is 17.4. The third-order valence-electron chi connectivity index (χ3n) is 5.38. The van der Waals surface area contributed by atoms with Crippen LogP contribution < -0.4 is 15.0 Å². The minimum atomic E-state index is -0.392. The zero-order chi connectivity index (χ0) is 22.0. The molecule has 1 fully saturated rings. The van der Waals surface area contributed by atoms with E-state index in [2.05, 4.69) is 5.32 Å². The maximum atomic E-state index is 12.8. The monoisotopic (exact) mass is 434 g/mol. The highest BCUT2D eigenvalue weighted by Gasteiger charge is 2.36. The van der Waals surface area contributed by atoms with E-state index < -0.39 is 5.92 Å². The van der Waals surface area contributed by atoms with Gasteiger partial charge in [-0.05, 0) is 73.5 Å². The summed E-state index contributed by atoms with van der Waals surface area (Å²) in [5.41, 5.74) is 3.63. The van der Waals surface area contributed by atoms with Gasteiger partial charge in [0.2, 0.25) is 11.8 Å². The summed E-state index contributed by atoms with van der Waals surface area (Å²) in [6.07, 6.45) is 0.206. The van der Waals surface area contributed by atoms with Crippen LogP contribution in [0.3, 0.4) is 0 Å². The minimum absolute atomic E-state index is 0.0238. The first kappa shape index (κ1) is 20.9. The summed E-state index contributed by atoms with van der Waals surface area (Å²) in [7, 11) is 0. The van der Waals surface area contributed by atoms with Crippen LogP contribution in [0, 0.1) is 19.8 Å². The number of carbonyl (C=O) groups excluding carboxylic acids is 2. The molecule has 5 nitrogen and oxygen atoms in total. The number of carbonyl (C=O) groups is 2. The van der Waals surface area contributed by atoms with Crippen molar-refractivity contribution in [1.82, 2.24) is 0 Å². The van der Waals surface area contributed by atoms with Crippen LogP contribution in [0.1, 0.15) is 17.5 Å². The van der Waals surface area contributed by atoms with Gasteiger partial charge < -0.3 is 15.0 Å². The number of nitrogens with one attached hydrogen (secondary N) is 1. The van der Waals surface area contributed by atoms with Gasteiger partial charge in [-0.2, -0.15) is 0 Å². The van der Waals surface area contributed by atoms with E-state index >= 15 is 0 Å². The third kappa shape index (κ3) is 4.72. The van der Waals surface area contributed by atoms with Crippen molar-refractivity contribution in [2.45, 2.75) is 20.3 Å². The minimum Gasteiger partial charge on any atom is -0.457 e. The first-order valence-corrected chi connectivity index (χ1v) is 10.5. The fraction of sp³-hybridized carbons (Fsp3) is 0.200. The molecule has 0 saturated carbocycles. The van der Waals surface area contributed by atoms with E-state index in [1.807, 2.05) is 32.0 Å². The van der Waals surface area contributed by atoms with Crippen molar-refractivity contribution in [2.75, 3.05) is 16.8 Å². The molecule has 1 aliphatic rings. The van der Waals surface area contributed by atoms with E-state index in [0.717, 1.165) is 16.8 Å². The number of para-hydroxylation sites is 1. The van der Waals surface area contributed by atoms with E-state index in [1.54, 1.807) is 53.4 Å². The molecule has 0 radical (unpaired) electrons. The Bertz CT molecular complexity index is 1090. The van der Waals surface area contributed by atoms with Gasteiger partial charge >= 0.3 is 0 Å². The lowest BCUT2D eigenvalue weighted by Gasteiger charge is -2.21. The highest BCUT2D eigenvalue weighted by atomic mass is 35.5. The summed E-state index contributed by atoms with van der Waals surface area (Å²) in [5, 5.41) is 3.56. The molecule has 6 heteroatoms.